The third-order valence-electron chi connectivity index (χ3n) is 3.03. The second kappa shape index (κ2) is 8.73. The average Bonchev–Trinajstić information content (AvgIpc) is 2.40. The van der Waals surface area contributed by atoms with E-state index in [9.17, 15) is 8.42 Å². The number of sulfone groups is 1. The van der Waals surface area contributed by atoms with Crippen LogP contribution in [0.25, 0.3) is 0 Å². The van der Waals surface area contributed by atoms with Crippen molar-refractivity contribution in [3.8, 4) is 0 Å². The molecule has 0 heterocycles. The molecule has 0 saturated carbocycles. The summed E-state index contributed by atoms with van der Waals surface area (Å²) in [7, 11) is 0.626. The standard InChI is InChI=1S/C14H23BrN2O3S/c1-17(7-9-21(3,18)19)14-5-4-12(10-13(14)15)11-16-6-8-20-2/h4-5,10,16H,6-9,11H2,1-3H3. The number of benzene rings is 1. The van der Waals surface area contributed by atoms with Crippen molar-refractivity contribution in [3.05, 3.63) is 28.2 Å². The normalized spacial score (nSPS) is 11.6. The summed E-state index contributed by atoms with van der Waals surface area (Å²) in [5.74, 6) is 0.149. The van der Waals surface area contributed by atoms with E-state index in [0.29, 0.717) is 13.2 Å². The van der Waals surface area contributed by atoms with Crippen molar-refractivity contribution in [1.82, 2.24) is 5.32 Å². The maximum atomic E-state index is 11.2. The molecule has 0 saturated heterocycles. The van der Waals surface area contributed by atoms with E-state index in [4.69, 9.17) is 4.74 Å². The number of methoxy groups -OCH3 is 1. The molecular weight excluding hydrogens is 356 g/mol. The maximum Gasteiger partial charge on any atom is 0.149 e. The number of halogens is 1. The molecule has 7 heteroatoms. The molecule has 1 aromatic rings. The van der Waals surface area contributed by atoms with Crippen LogP contribution in [0.3, 0.4) is 0 Å². The highest BCUT2D eigenvalue weighted by Crippen LogP contribution is 2.26. The summed E-state index contributed by atoms with van der Waals surface area (Å²) in [6.07, 6.45) is 1.25. The van der Waals surface area contributed by atoms with Gasteiger partial charge < -0.3 is 15.0 Å². The van der Waals surface area contributed by atoms with Crippen LogP contribution in [0.1, 0.15) is 5.56 Å². The van der Waals surface area contributed by atoms with Crippen LogP contribution in [0.15, 0.2) is 22.7 Å². The summed E-state index contributed by atoms with van der Waals surface area (Å²) in [6, 6.07) is 6.09. The number of nitrogens with zero attached hydrogens (tertiary/aromatic N) is 1. The Bertz CT molecular complexity index is 549. The molecule has 0 unspecified atom stereocenters. The van der Waals surface area contributed by atoms with Gasteiger partial charge in [-0.25, -0.2) is 8.42 Å². The summed E-state index contributed by atoms with van der Waals surface area (Å²) in [6.45, 7) is 2.75. The molecule has 1 aromatic carbocycles. The van der Waals surface area contributed by atoms with Crippen LogP contribution in [-0.2, 0) is 21.1 Å². The van der Waals surface area contributed by atoms with Crippen molar-refractivity contribution in [2.24, 2.45) is 0 Å². The lowest BCUT2D eigenvalue weighted by Gasteiger charge is -2.21. The van der Waals surface area contributed by atoms with Gasteiger partial charge in [-0.05, 0) is 33.6 Å². The van der Waals surface area contributed by atoms with E-state index >= 15 is 0 Å². The average molecular weight is 379 g/mol. The van der Waals surface area contributed by atoms with Crippen molar-refractivity contribution < 1.29 is 13.2 Å². The zero-order valence-electron chi connectivity index (χ0n) is 12.7. The van der Waals surface area contributed by atoms with Crippen LogP contribution in [0.2, 0.25) is 0 Å². The van der Waals surface area contributed by atoms with Gasteiger partial charge in [-0.2, -0.15) is 0 Å². The van der Waals surface area contributed by atoms with Gasteiger partial charge in [0, 0.05) is 44.5 Å². The zero-order chi connectivity index (χ0) is 15.9. The molecule has 0 atom stereocenters. The van der Waals surface area contributed by atoms with E-state index in [2.05, 4.69) is 21.2 Å². The second-order valence-electron chi connectivity index (χ2n) is 5.01. The monoisotopic (exact) mass is 378 g/mol. The van der Waals surface area contributed by atoms with Gasteiger partial charge in [0.1, 0.15) is 9.84 Å². The fraction of sp³-hybridized carbons (Fsp3) is 0.571. The number of nitrogens with one attached hydrogen (secondary N) is 1. The van der Waals surface area contributed by atoms with Crippen LogP contribution < -0.4 is 10.2 Å². The smallest absolute Gasteiger partial charge is 0.149 e. The number of ether oxygens (including phenoxy) is 1. The predicted molar refractivity (Wildman–Crippen MR) is 90.7 cm³/mol. The third-order valence-corrected chi connectivity index (χ3v) is 4.59. The minimum absolute atomic E-state index is 0.149. The molecule has 0 fully saturated rings. The summed E-state index contributed by atoms with van der Waals surface area (Å²) in [4.78, 5) is 1.94. The second-order valence-corrected chi connectivity index (χ2v) is 8.12. The molecule has 21 heavy (non-hydrogen) atoms. The summed E-state index contributed by atoms with van der Waals surface area (Å²) >= 11 is 3.55. The van der Waals surface area contributed by atoms with Gasteiger partial charge in [0.15, 0.2) is 0 Å². The first-order valence-corrected chi connectivity index (χ1v) is 9.56. The minimum atomic E-state index is -2.94. The Labute approximate surface area is 135 Å². The van der Waals surface area contributed by atoms with Crippen molar-refractivity contribution in [2.75, 3.05) is 50.8 Å². The molecule has 5 nitrogen and oxygen atoms in total. The van der Waals surface area contributed by atoms with Crippen molar-refractivity contribution >= 4 is 31.5 Å². The van der Waals surface area contributed by atoms with Crippen molar-refractivity contribution in [1.29, 1.82) is 0 Å². The van der Waals surface area contributed by atoms with Gasteiger partial charge in [0.2, 0.25) is 0 Å². The lowest BCUT2D eigenvalue weighted by atomic mass is 10.2. The number of hydrogen-bond donors (Lipinski definition) is 1. The lowest BCUT2D eigenvalue weighted by molar-refractivity contribution is 0.199. The molecule has 0 aliphatic heterocycles. The molecule has 0 spiro atoms. The molecule has 0 radical (unpaired) electrons. The Balaban J connectivity index is 2.60. The van der Waals surface area contributed by atoms with Crippen molar-refractivity contribution in [3.63, 3.8) is 0 Å². The molecule has 0 amide bonds. The number of anilines is 1. The Morgan fingerprint density at radius 2 is 2.10 bits per heavy atom. The van der Waals surface area contributed by atoms with E-state index in [1.54, 1.807) is 7.11 Å². The number of hydrogen-bond acceptors (Lipinski definition) is 5. The molecule has 0 aromatic heterocycles. The van der Waals surface area contributed by atoms with Gasteiger partial charge >= 0.3 is 0 Å². The Morgan fingerprint density at radius 3 is 2.67 bits per heavy atom. The summed E-state index contributed by atoms with van der Waals surface area (Å²) < 4.78 is 28.4. The fourth-order valence-electron chi connectivity index (χ4n) is 1.80. The highest BCUT2D eigenvalue weighted by molar-refractivity contribution is 9.10. The van der Waals surface area contributed by atoms with Crippen LogP contribution in [-0.4, -0.2) is 54.3 Å². The largest absolute Gasteiger partial charge is 0.383 e. The SMILES string of the molecule is COCCNCc1ccc(N(C)CCS(C)(=O)=O)c(Br)c1. The highest BCUT2D eigenvalue weighted by atomic mass is 79.9. The van der Waals surface area contributed by atoms with Gasteiger partial charge in [-0.3, -0.25) is 0 Å². The van der Waals surface area contributed by atoms with E-state index < -0.39 is 9.84 Å². The zero-order valence-corrected chi connectivity index (χ0v) is 15.1. The molecule has 0 aliphatic rings. The highest BCUT2D eigenvalue weighted by Gasteiger charge is 2.09. The Kier molecular flexibility index (Phi) is 7.65. The van der Waals surface area contributed by atoms with Crippen LogP contribution in [0.4, 0.5) is 5.69 Å². The summed E-state index contributed by atoms with van der Waals surface area (Å²) in [5.41, 5.74) is 2.15. The Morgan fingerprint density at radius 1 is 1.38 bits per heavy atom. The quantitative estimate of drug-likeness (QED) is 0.662. The first kappa shape index (κ1) is 18.4. The molecule has 0 bridgehead atoms. The topological polar surface area (TPSA) is 58.6 Å². The van der Waals surface area contributed by atoms with Crippen LogP contribution in [0, 0.1) is 0 Å². The molecule has 1 rings (SSSR count). The van der Waals surface area contributed by atoms with E-state index in [-0.39, 0.29) is 5.75 Å². The third kappa shape index (κ3) is 7.26. The minimum Gasteiger partial charge on any atom is -0.383 e. The van der Waals surface area contributed by atoms with E-state index in [1.165, 1.54) is 11.8 Å². The fourth-order valence-corrected chi connectivity index (χ4v) is 3.13. The Hall–Kier alpha value is -0.630. The lowest BCUT2D eigenvalue weighted by Crippen LogP contribution is -2.25. The van der Waals surface area contributed by atoms with Crippen LogP contribution in [0.5, 0.6) is 0 Å². The van der Waals surface area contributed by atoms with Gasteiger partial charge in [0.25, 0.3) is 0 Å². The van der Waals surface area contributed by atoms with E-state index in [0.717, 1.165) is 23.2 Å². The molecule has 120 valence electrons. The van der Waals surface area contributed by atoms with E-state index in [1.807, 2.05) is 30.1 Å². The maximum absolute atomic E-state index is 11.2. The summed E-state index contributed by atoms with van der Waals surface area (Å²) in [5, 5.41) is 3.28. The molecule has 0 aliphatic carbocycles. The van der Waals surface area contributed by atoms with Crippen LogP contribution >= 0.6 is 15.9 Å². The molecular formula is C14H23BrN2O3S. The first-order valence-electron chi connectivity index (χ1n) is 6.70. The van der Waals surface area contributed by atoms with Gasteiger partial charge in [0.05, 0.1) is 18.0 Å². The molecule has 1 N–H and O–H groups in total. The van der Waals surface area contributed by atoms with Gasteiger partial charge in [-0.1, -0.05) is 6.07 Å². The van der Waals surface area contributed by atoms with Crippen molar-refractivity contribution in [2.45, 2.75) is 6.54 Å². The first-order chi connectivity index (χ1) is 9.83. The van der Waals surface area contributed by atoms with Gasteiger partial charge in [-0.15, -0.1) is 0 Å². The predicted octanol–water partition coefficient (Wildman–Crippen LogP) is 1.67. The number of rotatable bonds is 9.